The number of hydrogen-bond donors (Lipinski definition) is 2. The Morgan fingerprint density at radius 1 is 1.14 bits per heavy atom. The van der Waals surface area contributed by atoms with Crippen LogP contribution in [0.25, 0.3) is 0 Å². The van der Waals surface area contributed by atoms with Gasteiger partial charge in [0, 0.05) is 18.7 Å². The van der Waals surface area contributed by atoms with Crippen molar-refractivity contribution in [2.75, 3.05) is 6.61 Å². The van der Waals surface area contributed by atoms with Gasteiger partial charge in [0.2, 0.25) is 0 Å². The summed E-state index contributed by atoms with van der Waals surface area (Å²) in [4.78, 5) is 0. The van der Waals surface area contributed by atoms with E-state index in [0.29, 0.717) is 12.1 Å². The van der Waals surface area contributed by atoms with Gasteiger partial charge in [-0.05, 0) is 24.7 Å². The van der Waals surface area contributed by atoms with Gasteiger partial charge in [-0.2, -0.15) is 0 Å². The lowest BCUT2D eigenvalue weighted by Crippen LogP contribution is -2.46. The molecule has 1 unspecified atom stereocenters. The Kier molecular flexibility index (Phi) is 6.38. The zero-order valence-corrected chi connectivity index (χ0v) is 10.4. The van der Waals surface area contributed by atoms with Gasteiger partial charge in [0.15, 0.2) is 0 Å². The molecule has 0 heterocycles. The first-order valence-corrected chi connectivity index (χ1v) is 5.82. The van der Waals surface area contributed by atoms with Crippen LogP contribution in [0.4, 0.5) is 0 Å². The van der Waals surface area contributed by atoms with E-state index in [9.17, 15) is 0 Å². The van der Waals surface area contributed by atoms with Crippen molar-refractivity contribution in [3.05, 3.63) is 0 Å². The van der Waals surface area contributed by atoms with Crippen LogP contribution in [0.1, 0.15) is 53.9 Å². The second-order valence-electron chi connectivity index (χ2n) is 5.11. The van der Waals surface area contributed by atoms with Crippen LogP contribution in [-0.2, 0) is 0 Å². The Hall–Kier alpha value is -0.0800. The molecule has 2 heteroatoms. The van der Waals surface area contributed by atoms with Crippen LogP contribution in [-0.4, -0.2) is 23.8 Å². The topological polar surface area (TPSA) is 32.3 Å². The van der Waals surface area contributed by atoms with Crippen molar-refractivity contribution in [3.8, 4) is 0 Å². The molecule has 0 amide bonds. The summed E-state index contributed by atoms with van der Waals surface area (Å²) in [6.07, 6.45) is 3.17. The molecule has 0 saturated heterocycles. The maximum Gasteiger partial charge on any atom is 0.0446 e. The van der Waals surface area contributed by atoms with E-state index in [-0.39, 0.29) is 12.0 Å². The highest BCUT2D eigenvalue weighted by Gasteiger charge is 2.25. The van der Waals surface area contributed by atoms with Crippen LogP contribution in [0, 0.1) is 5.41 Å². The largest absolute Gasteiger partial charge is 0.396 e. The molecule has 0 saturated carbocycles. The Labute approximate surface area is 89.1 Å². The first kappa shape index (κ1) is 13.9. The normalized spacial score (nSPS) is 14.8. The van der Waals surface area contributed by atoms with E-state index in [2.05, 4.69) is 39.9 Å². The highest BCUT2D eigenvalue weighted by molar-refractivity contribution is 4.82. The SMILES string of the molecule is CCC(CC)NC(CCO)C(C)(C)C. The number of aliphatic hydroxyl groups is 1. The van der Waals surface area contributed by atoms with Crippen molar-refractivity contribution in [2.24, 2.45) is 5.41 Å². The summed E-state index contributed by atoms with van der Waals surface area (Å²) in [7, 11) is 0. The van der Waals surface area contributed by atoms with Crippen LogP contribution in [0.5, 0.6) is 0 Å². The molecule has 0 aromatic carbocycles. The van der Waals surface area contributed by atoms with Gasteiger partial charge in [0.05, 0.1) is 0 Å². The first-order chi connectivity index (χ1) is 6.45. The van der Waals surface area contributed by atoms with Crippen molar-refractivity contribution in [1.29, 1.82) is 0 Å². The number of hydrogen-bond acceptors (Lipinski definition) is 2. The lowest BCUT2D eigenvalue weighted by atomic mass is 9.84. The standard InChI is InChI=1S/C12H27NO/c1-6-10(7-2)13-11(8-9-14)12(3,4)5/h10-11,13-14H,6-9H2,1-5H3. The summed E-state index contributed by atoms with van der Waals surface area (Å²) in [5.74, 6) is 0. The zero-order valence-electron chi connectivity index (χ0n) is 10.4. The number of nitrogens with one attached hydrogen (secondary N) is 1. The highest BCUT2D eigenvalue weighted by Crippen LogP contribution is 2.22. The molecule has 0 aliphatic rings. The molecular formula is C12H27NO. The molecule has 0 bridgehead atoms. The molecule has 1 atom stereocenters. The van der Waals surface area contributed by atoms with Crippen LogP contribution in [0.3, 0.4) is 0 Å². The second-order valence-corrected chi connectivity index (χ2v) is 5.11. The van der Waals surface area contributed by atoms with Gasteiger partial charge in [-0.1, -0.05) is 34.6 Å². The highest BCUT2D eigenvalue weighted by atomic mass is 16.3. The predicted molar refractivity (Wildman–Crippen MR) is 62.5 cm³/mol. The van der Waals surface area contributed by atoms with Gasteiger partial charge in [0.25, 0.3) is 0 Å². The fourth-order valence-electron chi connectivity index (χ4n) is 1.70. The summed E-state index contributed by atoms with van der Waals surface area (Å²) in [6.45, 7) is 11.4. The molecule has 0 aliphatic carbocycles. The average molecular weight is 201 g/mol. The Morgan fingerprint density at radius 2 is 1.64 bits per heavy atom. The van der Waals surface area contributed by atoms with Crippen LogP contribution in [0.2, 0.25) is 0 Å². The molecule has 0 rings (SSSR count). The predicted octanol–water partition coefficient (Wildman–Crippen LogP) is 2.56. The molecule has 0 fully saturated rings. The van der Waals surface area contributed by atoms with Crippen molar-refractivity contribution in [3.63, 3.8) is 0 Å². The summed E-state index contributed by atoms with van der Waals surface area (Å²) in [6, 6.07) is 1.00. The van der Waals surface area contributed by atoms with E-state index in [4.69, 9.17) is 5.11 Å². The molecule has 2 nitrogen and oxygen atoms in total. The van der Waals surface area contributed by atoms with E-state index < -0.39 is 0 Å². The first-order valence-electron chi connectivity index (χ1n) is 5.82. The minimum absolute atomic E-state index is 0.228. The lowest BCUT2D eigenvalue weighted by Gasteiger charge is -2.34. The molecule has 0 spiro atoms. The van der Waals surface area contributed by atoms with E-state index in [1.807, 2.05) is 0 Å². The van der Waals surface area contributed by atoms with Gasteiger partial charge in [0.1, 0.15) is 0 Å². The van der Waals surface area contributed by atoms with Gasteiger partial charge < -0.3 is 10.4 Å². The third-order valence-electron chi connectivity index (χ3n) is 2.89. The molecule has 0 radical (unpaired) electrons. The summed E-state index contributed by atoms with van der Waals surface area (Å²) in [5.41, 5.74) is 0.228. The zero-order chi connectivity index (χ0) is 11.2. The summed E-state index contributed by atoms with van der Waals surface area (Å²) in [5, 5.41) is 12.7. The molecule has 14 heavy (non-hydrogen) atoms. The molecule has 0 aromatic rings. The smallest absolute Gasteiger partial charge is 0.0446 e. The van der Waals surface area contributed by atoms with E-state index >= 15 is 0 Å². The number of aliphatic hydroxyl groups excluding tert-OH is 1. The average Bonchev–Trinajstić information content (AvgIpc) is 2.10. The minimum atomic E-state index is 0.228. The maximum atomic E-state index is 9.02. The monoisotopic (exact) mass is 201 g/mol. The van der Waals surface area contributed by atoms with Gasteiger partial charge >= 0.3 is 0 Å². The Balaban J connectivity index is 4.21. The lowest BCUT2D eigenvalue weighted by molar-refractivity contribution is 0.183. The molecule has 2 N–H and O–H groups in total. The van der Waals surface area contributed by atoms with Gasteiger partial charge in [-0.3, -0.25) is 0 Å². The van der Waals surface area contributed by atoms with E-state index in [1.54, 1.807) is 0 Å². The minimum Gasteiger partial charge on any atom is -0.396 e. The molecule has 0 aliphatic heterocycles. The maximum absolute atomic E-state index is 9.02. The third kappa shape index (κ3) is 4.97. The Morgan fingerprint density at radius 3 is 1.93 bits per heavy atom. The van der Waals surface area contributed by atoms with Gasteiger partial charge in [-0.15, -0.1) is 0 Å². The van der Waals surface area contributed by atoms with E-state index in [1.165, 1.54) is 0 Å². The van der Waals surface area contributed by atoms with Crippen molar-refractivity contribution in [2.45, 2.75) is 66.0 Å². The van der Waals surface area contributed by atoms with Crippen LogP contribution in [0.15, 0.2) is 0 Å². The van der Waals surface area contributed by atoms with Crippen molar-refractivity contribution >= 4 is 0 Å². The van der Waals surface area contributed by atoms with E-state index in [0.717, 1.165) is 19.3 Å². The fraction of sp³-hybridized carbons (Fsp3) is 1.00. The third-order valence-corrected chi connectivity index (χ3v) is 2.89. The van der Waals surface area contributed by atoms with Gasteiger partial charge in [-0.25, -0.2) is 0 Å². The summed E-state index contributed by atoms with van der Waals surface area (Å²) >= 11 is 0. The van der Waals surface area contributed by atoms with Crippen LogP contribution >= 0.6 is 0 Å². The van der Waals surface area contributed by atoms with Crippen molar-refractivity contribution < 1.29 is 5.11 Å². The second kappa shape index (κ2) is 6.41. The van der Waals surface area contributed by atoms with Crippen molar-refractivity contribution in [1.82, 2.24) is 5.32 Å². The molecular weight excluding hydrogens is 174 g/mol. The Bertz CT molecular complexity index is 136. The fourth-order valence-corrected chi connectivity index (χ4v) is 1.70. The molecule has 86 valence electrons. The number of rotatable bonds is 6. The summed E-state index contributed by atoms with van der Waals surface area (Å²) < 4.78 is 0. The quantitative estimate of drug-likeness (QED) is 0.692. The van der Waals surface area contributed by atoms with Crippen LogP contribution < -0.4 is 5.32 Å². The molecule has 0 aromatic heterocycles.